The molecule has 1 N–H and O–H groups in total. The van der Waals surface area contributed by atoms with Gasteiger partial charge >= 0.3 is 6.18 Å². The van der Waals surface area contributed by atoms with E-state index in [1.165, 1.54) is 0 Å². The van der Waals surface area contributed by atoms with Gasteiger partial charge in [-0.1, -0.05) is 19.8 Å². The van der Waals surface area contributed by atoms with Gasteiger partial charge in [-0.15, -0.1) is 0 Å². The largest absolute Gasteiger partial charge is 0.393 e. The summed E-state index contributed by atoms with van der Waals surface area (Å²) < 4.78 is 38.4. The summed E-state index contributed by atoms with van der Waals surface area (Å²) in [7, 11) is 0. The van der Waals surface area contributed by atoms with Gasteiger partial charge in [0.05, 0.1) is 5.92 Å². The van der Waals surface area contributed by atoms with Crippen molar-refractivity contribution in [3.8, 4) is 0 Å². The lowest BCUT2D eigenvalue weighted by Gasteiger charge is -2.41. The van der Waals surface area contributed by atoms with Crippen LogP contribution < -0.4 is 5.32 Å². The zero-order chi connectivity index (χ0) is 11.8. The Kier molecular flexibility index (Phi) is 3.48. The molecule has 0 aromatic rings. The summed E-state index contributed by atoms with van der Waals surface area (Å²) in [5, 5.41) is 3.22. The first-order chi connectivity index (χ1) is 7.47. The van der Waals surface area contributed by atoms with Crippen LogP contribution in [-0.2, 0) is 0 Å². The molecule has 1 nitrogen and oxygen atoms in total. The van der Waals surface area contributed by atoms with Gasteiger partial charge in [-0.3, -0.25) is 0 Å². The van der Waals surface area contributed by atoms with E-state index in [1.807, 2.05) is 0 Å². The van der Waals surface area contributed by atoms with Crippen LogP contribution >= 0.6 is 0 Å². The van der Waals surface area contributed by atoms with Crippen LogP contribution in [0.4, 0.5) is 13.2 Å². The van der Waals surface area contributed by atoms with Gasteiger partial charge in [0.2, 0.25) is 0 Å². The molecule has 0 amide bonds. The molecule has 4 heteroatoms. The lowest BCUT2D eigenvalue weighted by Crippen LogP contribution is -2.52. The molecule has 0 bridgehead atoms. The molecule has 2 unspecified atom stereocenters. The number of halogens is 3. The molecule has 2 aliphatic rings. The number of hydrogen-bond acceptors (Lipinski definition) is 1. The zero-order valence-corrected chi connectivity index (χ0v) is 9.69. The Labute approximate surface area is 94.8 Å². The van der Waals surface area contributed by atoms with Crippen molar-refractivity contribution >= 4 is 0 Å². The first-order valence-electron chi connectivity index (χ1n) is 6.29. The molecular formula is C12H20F3N. The van der Waals surface area contributed by atoms with Gasteiger partial charge in [-0.25, -0.2) is 0 Å². The molecule has 0 aromatic heterocycles. The van der Waals surface area contributed by atoms with E-state index in [9.17, 15) is 13.2 Å². The highest BCUT2D eigenvalue weighted by Crippen LogP contribution is 2.39. The third kappa shape index (κ3) is 2.70. The molecular weight excluding hydrogens is 215 g/mol. The van der Waals surface area contributed by atoms with Gasteiger partial charge in [0.1, 0.15) is 0 Å². The molecule has 16 heavy (non-hydrogen) atoms. The minimum Gasteiger partial charge on any atom is -0.311 e. The Bertz CT molecular complexity index is 233. The quantitative estimate of drug-likeness (QED) is 0.772. The van der Waals surface area contributed by atoms with Crippen LogP contribution in [0.25, 0.3) is 0 Å². The number of alkyl halides is 3. The fraction of sp³-hybridized carbons (Fsp3) is 1.00. The molecule has 2 saturated carbocycles. The highest BCUT2D eigenvalue weighted by Gasteiger charge is 2.46. The third-order valence-corrected chi connectivity index (χ3v) is 4.01. The standard InChI is InChI=1S/C12H20F3N/c1-8-6-9(7-8)16-11-5-3-2-4-10(11)12(13,14)15/h8-11,16H,2-7H2,1H3. The third-order valence-electron chi connectivity index (χ3n) is 4.01. The molecule has 0 saturated heterocycles. The molecule has 2 fully saturated rings. The topological polar surface area (TPSA) is 12.0 Å². The normalized spacial score (nSPS) is 40.5. The maximum atomic E-state index is 12.8. The Morgan fingerprint density at radius 2 is 1.69 bits per heavy atom. The predicted molar refractivity (Wildman–Crippen MR) is 57.1 cm³/mol. The minimum absolute atomic E-state index is 0.309. The molecule has 0 radical (unpaired) electrons. The predicted octanol–water partition coefficient (Wildman–Crippen LogP) is 3.50. The maximum Gasteiger partial charge on any atom is 0.393 e. The van der Waals surface area contributed by atoms with Crippen LogP contribution in [-0.4, -0.2) is 18.3 Å². The van der Waals surface area contributed by atoms with Crippen molar-refractivity contribution in [1.29, 1.82) is 0 Å². The monoisotopic (exact) mass is 235 g/mol. The van der Waals surface area contributed by atoms with Crippen molar-refractivity contribution in [2.24, 2.45) is 11.8 Å². The van der Waals surface area contributed by atoms with Crippen molar-refractivity contribution in [2.45, 2.75) is 63.7 Å². The van der Waals surface area contributed by atoms with E-state index in [-0.39, 0.29) is 6.04 Å². The summed E-state index contributed by atoms with van der Waals surface area (Å²) in [6.45, 7) is 2.15. The first kappa shape index (κ1) is 12.2. The molecule has 2 atom stereocenters. The average molecular weight is 235 g/mol. The second-order valence-electron chi connectivity index (χ2n) is 5.48. The summed E-state index contributed by atoms with van der Waals surface area (Å²) in [6, 6.07) is 0.00852. The molecule has 2 rings (SSSR count). The van der Waals surface area contributed by atoms with Crippen LogP contribution in [0.5, 0.6) is 0 Å². The summed E-state index contributed by atoms with van der Waals surface area (Å²) in [5.41, 5.74) is 0. The summed E-state index contributed by atoms with van der Waals surface area (Å²) >= 11 is 0. The minimum atomic E-state index is -4.02. The van der Waals surface area contributed by atoms with E-state index >= 15 is 0 Å². The van der Waals surface area contributed by atoms with E-state index in [1.54, 1.807) is 0 Å². The van der Waals surface area contributed by atoms with Gasteiger partial charge in [0.15, 0.2) is 0 Å². The second kappa shape index (κ2) is 4.55. The Morgan fingerprint density at radius 1 is 1.06 bits per heavy atom. The van der Waals surface area contributed by atoms with Crippen LogP contribution in [0.3, 0.4) is 0 Å². The number of rotatable bonds is 2. The van der Waals surface area contributed by atoms with Crippen molar-refractivity contribution in [3.05, 3.63) is 0 Å². The van der Waals surface area contributed by atoms with Crippen molar-refractivity contribution in [1.82, 2.24) is 5.32 Å². The van der Waals surface area contributed by atoms with Crippen molar-refractivity contribution in [3.63, 3.8) is 0 Å². The molecule has 0 aliphatic heterocycles. The van der Waals surface area contributed by atoms with Gasteiger partial charge in [0.25, 0.3) is 0 Å². The van der Waals surface area contributed by atoms with Crippen LogP contribution in [0.1, 0.15) is 45.4 Å². The van der Waals surface area contributed by atoms with Crippen LogP contribution in [0, 0.1) is 11.8 Å². The molecule has 2 aliphatic carbocycles. The molecule has 0 heterocycles. The van der Waals surface area contributed by atoms with E-state index in [0.29, 0.717) is 24.8 Å². The highest BCUT2D eigenvalue weighted by molar-refractivity contribution is 4.91. The second-order valence-corrected chi connectivity index (χ2v) is 5.48. The highest BCUT2D eigenvalue weighted by atomic mass is 19.4. The number of nitrogens with one attached hydrogen (secondary N) is 1. The SMILES string of the molecule is CC1CC(NC2CCCCC2C(F)(F)F)C1. The molecule has 0 spiro atoms. The Balaban J connectivity index is 1.89. The zero-order valence-electron chi connectivity index (χ0n) is 9.69. The summed E-state index contributed by atoms with van der Waals surface area (Å²) in [5.74, 6) is -0.428. The lowest BCUT2D eigenvalue weighted by atomic mass is 9.78. The van der Waals surface area contributed by atoms with Crippen LogP contribution in [0.2, 0.25) is 0 Å². The van der Waals surface area contributed by atoms with Crippen LogP contribution in [0.15, 0.2) is 0 Å². The maximum absolute atomic E-state index is 12.8. The van der Waals surface area contributed by atoms with E-state index < -0.39 is 12.1 Å². The van der Waals surface area contributed by atoms with E-state index in [0.717, 1.165) is 25.7 Å². The first-order valence-corrected chi connectivity index (χ1v) is 6.29. The van der Waals surface area contributed by atoms with E-state index in [4.69, 9.17) is 0 Å². The van der Waals surface area contributed by atoms with Gasteiger partial charge in [0, 0.05) is 12.1 Å². The molecule has 94 valence electrons. The summed E-state index contributed by atoms with van der Waals surface area (Å²) in [4.78, 5) is 0. The van der Waals surface area contributed by atoms with Crippen molar-refractivity contribution < 1.29 is 13.2 Å². The van der Waals surface area contributed by atoms with Gasteiger partial charge in [-0.2, -0.15) is 13.2 Å². The smallest absolute Gasteiger partial charge is 0.311 e. The van der Waals surface area contributed by atoms with Crippen molar-refractivity contribution in [2.75, 3.05) is 0 Å². The van der Waals surface area contributed by atoms with Gasteiger partial charge < -0.3 is 5.32 Å². The summed E-state index contributed by atoms with van der Waals surface area (Å²) in [6.07, 6.45) is 0.726. The Hall–Kier alpha value is -0.250. The van der Waals surface area contributed by atoms with Gasteiger partial charge in [-0.05, 0) is 31.6 Å². The van der Waals surface area contributed by atoms with E-state index in [2.05, 4.69) is 12.2 Å². The average Bonchev–Trinajstić information content (AvgIpc) is 2.14. The fourth-order valence-corrected chi connectivity index (χ4v) is 3.06. The number of hydrogen-bond donors (Lipinski definition) is 1. The Morgan fingerprint density at radius 3 is 2.25 bits per heavy atom. The molecule has 0 aromatic carbocycles. The lowest BCUT2D eigenvalue weighted by molar-refractivity contribution is -0.190. The fourth-order valence-electron chi connectivity index (χ4n) is 3.06.